The molecule has 1 nitrogen and oxygen atoms in total. The van der Waals surface area contributed by atoms with Gasteiger partial charge in [0, 0.05) is 0 Å². The zero-order valence-corrected chi connectivity index (χ0v) is 19.8. The first-order valence-electron chi connectivity index (χ1n) is 12.7. The van der Waals surface area contributed by atoms with Gasteiger partial charge in [-0.15, -0.1) is 0 Å². The fourth-order valence-electron chi connectivity index (χ4n) is 8.52. The maximum absolute atomic E-state index is 10.2. The van der Waals surface area contributed by atoms with Crippen LogP contribution in [0.15, 0.2) is 23.8 Å². The second-order valence-electron chi connectivity index (χ2n) is 12.2. The summed E-state index contributed by atoms with van der Waals surface area (Å²) in [6.45, 7) is 16.7. The normalized spacial score (nSPS) is 45.2. The van der Waals surface area contributed by atoms with E-state index in [4.69, 9.17) is 0 Å². The Morgan fingerprint density at radius 3 is 2.59 bits per heavy atom. The number of allylic oxidation sites excluding steroid dienone is 2. The SMILES string of the molecule is C=C(CC[C@@H](C)[C@H]1CC[C@@H]2[C@H]3CC=C4C[C@@H](O)CC[C@]4(C)[C@@H]3CC[C@@]21C)C(C)C. The van der Waals surface area contributed by atoms with Crippen LogP contribution >= 0.6 is 0 Å². The third-order valence-electron chi connectivity index (χ3n) is 10.6. The molecular formula is C28H46O. The lowest BCUT2D eigenvalue weighted by Crippen LogP contribution is -2.50. The van der Waals surface area contributed by atoms with Gasteiger partial charge in [0.05, 0.1) is 6.10 Å². The van der Waals surface area contributed by atoms with E-state index in [1.54, 1.807) is 5.57 Å². The summed E-state index contributed by atoms with van der Waals surface area (Å²) in [6, 6.07) is 0. The summed E-state index contributed by atoms with van der Waals surface area (Å²) in [7, 11) is 0. The second kappa shape index (κ2) is 7.85. The smallest absolute Gasteiger partial charge is 0.0577 e. The third kappa shape index (κ3) is 3.58. The molecule has 0 amide bonds. The average Bonchev–Trinajstić information content (AvgIpc) is 3.03. The monoisotopic (exact) mass is 398 g/mol. The van der Waals surface area contributed by atoms with E-state index in [-0.39, 0.29) is 6.10 Å². The molecule has 0 aromatic rings. The van der Waals surface area contributed by atoms with Gasteiger partial charge in [-0.1, -0.05) is 58.4 Å². The van der Waals surface area contributed by atoms with E-state index < -0.39 is 0 Å². The molecule has 29 heavy (non-hydrogen) atoms. The van der Waals surface area contributed by atoms with Crippen LogP contribution in [0.25, 0.3) is 0 Å². The Morgan fingerprint density at radius 2 is 1.86 bits per heavy atom. The quantitative estimate of drug-likeness (QED) is 0.474. The summed E-state index contributed by atoms with van der Waals surface area (Å²) in [6.07, 6.45) is 15.3. The zero-order chi connectivity index (χ0) is 21.0. The van der Waals surface area contributed by atoms with Gasteiger partial charge in [-0.3, -0.25) is 0 Å². The summed E-state index contributed by atoms with van der Waals surface area (Å²) in [5, 5.41) is 10.2. The van der Waals surface area contributed by atoms with Gasteiger partial charge in [-0.05, 0) is 111 Å². The molecule has 164 valence electrons. The number of aliphatic hydroxyl groups excluding tert-OH is 1. The summed E-state index contributed by atoms with van der Waals surface area (Å²) >= 11 is 0. The van der Waals surface area contributed by atoms with Crippen molar-refractivity contribution in [2.75, 3.05) is 0 Å². The summed E-state index contributed by atoms with van der Waals surface area (Å²) in [5.74, 6) is 5.03. The molecule has 3 fully saturated rings. The molecule has 0 bridgehead atoms. The molecule has 1 N–H and O–H groups in total. The summed E-state index contributed by atoms with van der Waals surface area (Å²) in [4.78, 5) is 0. The van der Waals surface area contributed by atoms with Crippen molar-refractivity contribution in [3.8, 4) is 0 Å². The molecule has 8 atom stereocenters. The van der Waals surface area contributed by atoms with Crippen LogP contribution in [0.1, 0.15) is 98.8 Å². The molecule has 0 aliphatic heterocycles. The minimum atomic E-state index is -0.0861. The van der Waals surface area contributed by atoms with Gasteiger partial charge in [-0.2, -0.15) is 0 Å². The van der Waals surface area contributed by atoms with Crippen LogP contribution in [-0.2, 0) is 0 Å². The number of fused-ring (bicyclic) bond motifs is 5. The van der Waals surface area contributed by atoms with E-state index in [9.17, 15) is 5.11 Å². The maximum atomic E-state index is 10.2. The van der Waals surface area contributed by atoms with Crippen LogP contribution in [0.3, 0.4) is 0 Å². The Bertz CT molecular complexity index is 659. The van der Waals surface area contributed by atoms with Gasteiger partial charge in [0.1, 0.15) is 0 Å². The highest BCUT2D eigenvalue weighted by atomic mass is 16.3. The number of rotatable bonds is 5. The molecule has 4 aliphatic carbocycles. The molecule has 0 aromatic heterocycles. The van der Waals surface area contributed by atoms with E-state index in [2.05, 4.69) is 47.3 Å². The highest BCUT2D eigenvalue weighted by Gasteiger charge is 2.59. The van der Waals surface area contributed by atoms with Gasteiger partial charge < -0.3 is 5.11 Å². The average molecular weight is 399 g/mol. The standard InChI is InChI=1S/C28H46O/c1-18(2)19(3)7-8-20(4)24-11-12-25-23-10-9-21-17-22(29)13-15-27(21,5)26(23)14-16-28(24,25)6/h9,18,20,22-26,29H,3,7-8,10-17H2,1-2,4-6H3/t20-,22+,23-,24-,25-,26-,27+,28-/m1/s1. The first-order valence-corrected chi connectivity index (χ1v) is 12.7. The van der Waals surface area contributed by atoms with Gasteiger partial charge in [-0.25, -0.2) is 0 Å². The first kappa shape index (κ1) is 21.7. The molecule has 0 spiro atoms. The molecule has 1 heteroatoms. The highest BCUT2D eigenvalue weighted by Crippen LogP contribution is 2.67. The molecule has 0 radical (unpaired) electrons. The van der Waals surface area contributed by atoms with Crippen molar-refractivity contribution >= 4 is 0 Å². The molecular weight excluding hydrogens is 352 g/mol. The van der Waals surface area contributed by atoms with E-state index in [0.29, 0.717) is 16.7 Å². The van der Waals surface area contributed by atoms with Crippen molar-refractivity contribution in [1.82, 2.24) is 0 Å². The molecule has 4 aliphatic rings. The fourth-order valence-corrected chi connectivity index (χ4v) is 8.52. The topological polar surface area (TPSA) is 20.2 Å². The number of hydrogen-bond acceptors (Lipinski definition) is 1. The maximum Gasteiger partial charge on any atom is 0.0577 e. The van der Waals surface area contributed by atoms with Crippen LogP contribution in [0.2, 0.25) is 0 Å². The predicted octanol–water partition coefficient (Wildman–Crippen LogP) is 7.55. The largest absolute Gasteiger partial charge is 0.393 e. The zero-order valence-electron chi connectivity index (χ0n) is 19.8. The minimum Gasteiger partial charge on any atom is -0.393 e. The second-order valence-corrected chi connectivity index (χ2v) is 12.2. The van der Waals surface area contributed by atoms with Gasteiger partial charge in [0.25, 0.3) is 0 Å². The molecule has 0 saturated heterocycles. The molecule has 4 rings (SSSR count). The van der Waals surface area contributed by atoms with Crippen molar-refractivity contribution in [1.29, 1.82) is 0 Å². The lowest BCUT2D eigenvalue weighted by atomic mass is 9.47. The Balaban J connectivity index is 1.49. The lowest BCUT2D eigenvalue weighted by molar-refractivity contribution is -0.0571. The first-order chi connectivity index (χ1) is 13.7. The van der Waals surface area contributed by atoms with Crippen molar-refractivity contribution < 1.29 is 5.11 Å². The lowest BCUT2D eigenvalue weighted by Gasteiger charge is -2.58. The van der Waals surface area contributed by atoms with E-state index in [0.717, 1.165) is 42.4 Å². The van der Waals surface area contributed by atoms with Gasteiger partial charge >= 0.3 is 0 Å². The van der Waals surface area contributed by atoms with Gasteiger partial charge in [0.2, 0.25) is 0 Å². The highest BCUT2D eigenvalue weighted by molar-refractivity contribution is 5.25. The van der Waals surface area contributed by atoms with Gasteiger partial charge in [0.15, 0.2) is 0 Å². The van der Waals surface area contributed by atoms with Crippen molar-refractivity contribution in [2.45, 2.75) is 105 Å². The molecule has 0 aromatic carbocycles. The Labute approximate surface area is 180 Å². The molecule has 0 unspecified atom stereocenters. The molecule has 0 heterocycles. The Hall–Kier alpha value is -0.560. The third-order valence-corrected chi connectivity index (χ3v) is 10.6. The van der Waals surface area contributed by atoms with E-state index >= 15 is 0 Å². The molecule has 3 saturated carbocycles. The van der Waals surface area contributed by atoms with Crippen LogP contribution in [-0.4, -0.2) is 11.2 Å². The van der Waals surface area contributed by atoms with Crippen molar-refractivity contribution in [3.05, 3.63) is 23.8 Å². The van der Waals surface area contributed by atoms with E-state index in [1.165, 1.54) is 56.9 Å². The minimum absolute atomic E-state index is 0.0861. The summed E-state index contributed by atoms with van der Waals surface area (Å²) in [5.41, 5.74) is 3.98. The van der Waals surface area contributed by atoms with Crippen LogP contribution in [0.4, 0.5) is 0 Å². The predicted molar refractivity (Wildman–Crippen MR) is 124 cm³/mol. The van der Waals surface area contributed by atoms with Crippen LogP contribution in [0.5, 0.6) is 0 Å². The van der Waals surface area contributed by atoms with Crippen LogP contribution < -0.4 is 0 Å². The number of aliphatic hydroxyl groups is 1. The Kier molecular flexibility index (Phi) is 5.86. The number of hydrogen-bond donors (Lipinski definition) is 1. The fraction of sp³-hybridized carbons (Fsp3) is 0.857. The van der Waals surface area contributed by atoms with Crippen molar-refractivity contribution in [3.63, 3.8) is 0 Å². The van der Waals surface area contributed by atoms with E-state index in [1.807, 2.05) is 0 Å². The summed E-state index contributed by atoms with van der Waals surface area (Å²) < 4.78 is 0. The van der Waals surface area contributed by atoms with Crippen molar-refractivity contribution in [2.24, 2.45) is 46.3 Å². The Morgan fingerprint density at radius 1 is 1.10 bits per heavy atom. The van der Waals surface area contributed by atoms with Crippen LogP contribution in [0, 0.1) is 46.3 Å².